The third-order valence-electron chi connectivity index (χ3n) is 12.8. The maximum absolute atomic E-state index is 7.26. The number of allylic oxidation sites excluding steroid dienone is 1. The van der Waals surface area contributed by atoms with Crippen molar-refractivity contribution in [2.45, 2.75) is 122 Å². The molecule has 2 heteroatoms. The van der Waals surface area contributed by atoms with Gasteiger partial charge < -0.3 is 4.74 Å². The Morgan fingerprint density at radius 1 is 0.972 bits per heavy atom. The normalized spacial score (nSPS) is 46.7. The quantitative estimate of drug-likeness (QED) is 0.390. The number of benzene rings is 1. The number of hydrogen-bond acceptors (Lipinski definition) is 2. The minimum absolute atomic E-state index is 0.0669. The Hall–Kier alpha value is -1.12. The van der Waals surface area contributed by atoms with Gasteiger partial charge in [0.1, 0.15) is 0 Å². The van der Waals surface area contributed by atoms with Crippen LogP contribution in [0.1, 0.15) is 103 Å². The van der Waals surface area contributed by atoms with Gasteiger partial charge in [-0.05, 0) is 112 Å². The molecular weight excluding hydrogens is 438 g/mol. The van der Waals surface area contributed by atoms with Gasteiger partial charge in [0, 0.05) is 18.5 Å². The van der Waals surface area contributed by atoms with E-state index in [4.69, 9.17) is 4.74 Å². The standard InChI is InChI=1S/C34H49NO/c1-23-21-34(24(2)32-31(36-34)13-9-19-35(32)22-25-10-5-4-6-11-25)18-16-27-28-15-14-26-12-7-8-17-33(26,3)30(28)20-29(23)27/h4-6,10-11,24,26-28,30-32H,7-9,12-22H2,1-3H3. The summed E-state index contributed by atoms with van der Waals surface area (Å²) >= 11 is 0. The van der Waals surface area contributed by atoms with Crippen molar-refractivity contribution in [1.29, 1.82) is 0 Å². The molecule has 0 aromatic heterocycles. The van der Waals surface area contributed by atoms with Crippen molar-refractivity contribution < 1.29 is 4.74 Å². The summed E-state index contributed by atoms with van der Waals surface area (Å²) in [6.07, 6.45) is 17.3. The minimum Gasteiger partial charge on any atom is -0.369 e. The van der Waals surface area contributed by atoms with Crippen molar-refractivity contribution >= 4 is 0 Å². The molecule has 0 amide bonds. The fourth-order valence-electron chi connectivity index (χ4n) is 10.9. The maximum Gasteiger partial charge on any atom is 0.0765 e. The molecule has 0 bridgehead atoms. The van der Waals surface area contributed by atoms with Crippen molar-refractivity contribution in [3.63, 3.8) is 0 Å². The van der Waals surface area contributed by atoms with Crippen LogP contribution in [-0.2, 0) is 11.3 Å². The van der Waals surface area contributed by atoms with Gasteiger partial charge in [0.25, 0.3) is 0 Å². The van der Waals surface area contributed by atoms with Crippen molar-refractivity contribution in [2.75, 3.05) is 6.54 Å². The van der Waals surface area contributed by atoms with Crippen LogP contribution in [-0.4, -0.2) is 29.2 Å². The SMILES string of the molecule is CC1=C2CC3C(CCC4CCCCC43C)C2CCC2(C1)OC1CCCN(Cc3ccccc3)C1C2C. The molecule has 7 rings (SSSR count). The lowest BCUT2D eigenvalue weighted by Crippen LogP contribution is -2.49. The van der Waals surface area contributed by atoms with E-state index < -0.39 is 0 Å². The lowest BCUT2D eigenvalue weighted by molar-refractivity contribution is -0.0754. The lowest BCUT2D eigenvalue weighted by Gasteiger charge is -2.52. The molecule has 2 aliphatic heterocycles. The fourth-order valence-corrected chi connectivity index (χ4v) is 10.9. The molecule has 1 aromatic rings. The van der Waals surface area contributed by atoms with Gasteiger partial charge >= 0.3 is 0 Å². The predicted molar refractivity (Wildman–Crippen MR) is 148 cm³/mol. The van der Waals surface area contributed by atoms with Gasteiger partial charge in [0.2, 0.25) is 0 Å². The second-order valence-electron chi connectivity index (χ2n) is 14.2. The number of ether oxygens (including phenoxy) is 1. The van der Waals surface area contributed by atoms with E-state index in [1.165, 1.54) is 89.2 Å². The fraction of sp³-hybridized carbons (Fsp3) is 0.765. The van der Waals surface area contributed by atoms with Crippen molar-refractivity contribution in [3.8, 4) is 0 Å². The summed E-state index contributed by atoms with van der Waals surface area (Å²) in [6.45, 7) is 10.1. The molecule has 3 saturated carbocycles. The Kier molecular flexibility index (Phi) is 5.97. The molecule has 2 heterocycles. The summed E-state index contributed by atoms with van der Waals surface area (Å²) in [4.78, 5) is 2.79. The maximum atomic E-state index is 7.26. The van der Waals surface area contributed by atoms with Crippen LogP contribution in [0.4, 0.5) is 0 Å². The van der Waals surface area contributed by atoms with Gasteiger partial charge in [-0.1, -0.05) is 68.2 Å². The molecule has 36 heavy (non-hydrogen) atoms. The highest BCUT2D eigenvalue weighted by Crippen LogP contribution is 2.65. The molecule has 1 aromatic carbocycles. The summed E-state index contributed by atoms with van der Waals surface area (Å²) < 4.78 is 7.26. The average molecular weight is 488 g/mol. The summed E-state index contributed by atoms with van der Waals surface area (Å²) in [6, 6.07) is 11.7. The van der Waals surface area contributed by atoms with Crippen LogP contribution < -0.4 is 0 Å². The zero-order valence-corrected chi connectivity index (χ0v) is 23.2. The molecule has 1 spiro atoms. The Labute approximate surface area is 220 Å². The van der Waals surface area contributed by atoms with E-state index in [1.807, 2.05) is 5.57 Å². The first-order valence-corrected chi connectivity index (χ1v) is 15.6. The predicted octanol–water partition coefficient (Wildman–Crippen LogP) is 8.17. The molecule has 9 unspecified atom stereocenters. The number of likely N-dealkylation sites (tertiary alicyclic amines) is 1. The molecule has 2 nitrogen and oxygen atoms in total. The van der Waals surface area contributed by atoms with Crippen LogP contribution >= 0.6 is 0 Å². The third-order valence-corrected chi connectivity index (χ3v) is 12.8. The van der Waals surface area contributed by atoms with Crippen molar-refractivity contribution in [2.24, 2.45) is 35.0 Å². The highest BCUT2D eigenvalue weighted by Gasteiger charge is 2.59. The van der Waals surface area contributed by atoms with Crippen LogP contribution in [0.5, 0.6) is 0 Å². The summed E-state index contributed by atoms with van der Waals surface area (Å²) in [5.41, 5.74) is 5.79. The molecule has 0 N–H and O–H groups in total. The Morgan fingerprint density at radius 3 is 2.69 bits per heavy atom. The van der Waals surface area contributed by atoms with Crippen molar-refractivity contribution in [3.05, 3.63) is 47.0 Å². The average Bonchev–Trinajstić information content (AvgIpc) is 3.35. The van der Waals surface area contributed by atoms with Crippen LogP contribution in [0.3, 0.4) is 0 Å². The second kappa shape index (κ2) is 8.98. The number of nitrogens with zero attached hydrogens (tertiary/aromatic N) is 1. The largest absolute Gasteiger partial charge is 0.369 e. The summed E-state index contributed by atoms with van der Waals surface area (Å²) in [7, 11) is 0. The Balaban J connectivity index is 1.14. The third kappa shape index (κ3) is 3.64. The van der Waals surface area contributed by atoms with E-state index in [9.17, 15) is 0 Å². The molecule has 0 radical (unpaired) electrons. The van der Waals surface area contributed by atoms with Crippen LogP contribution in [0.25, 0.3) is 0 Å². The van der Waals surface area contributed by atoms with Gasteiger partial charge in [0.05, 0.1) is 11.7 Å². The van der Waals surface area contributed by atoms with Crippen molar-refractivity contribution in [1.82, 2.24) is 4.90 Å². The zero-order valence-electron chi connectivity index (χ0n) is 23.2. The van der Waals surface area contributed by atoms with E-state index >= 15 is 0 Å². The molecule has 5 fully saturated rings. The highest BCUT2D eigenvalue weighted by atomic mass is 16.5. The van der Waals surface area contributed by atoms with Crippen LogP contribution in [0.15, 0.2) is 41.5 Å². The molecular formula is C34H49NO. The molecule has 9 atom stereocenters. The van der Waals surface area contributed by atoms with Gasteiger partial charge in [-0.25, -0.2) is 0 Å². The monoisotopic (exact) mass is 487 g/mol. The number of fused-ring (bicyclic) bond motifs is 6. The van der Waals surface area contributed by atoms with E-state index in [2.05, 4.69) is 56.0 Å². The van der Waals surface area contributed by atoms with E-state index in [0.29, 0.717) is 23.5 Å². The number of hydrogen-bond donors (Lipinski definition) is 0. The van der Waals surface area contributed by atoms with E-state index in [-0.39, 0.29) is 5.60 Å². The topological polar surface area (TPSA) is 12.5 Å². The second-order valence-corrected chi connectivity index (χ2v) is 14.2. The minimum atomic E-state index is 0.0669. The first kappa shape index (κ1) is 24.0. The highest BCUT2D eigenvalue weighted by molar-refractivity contribution is 5.29. The van der Waals surface area contributed by atoms with Crippen LogP contribution in [0.2, 0.25) is 0 Å². The lowest BCUT2D eigenvalue weighted by atomic mass is 9.52. The zero-order chi connectivity index (χ0) is 24.5. The Bertz CT molecular complexity index is 1000. The molecule has 6 aliphatic rings. The van der Waals surface area contributed by atoms with E-state index in [0.717, 1.165) is 30.2 Å². The molecule has 2 saturated heterocycles. The van der Waals surface area contributed by atoms with Gasteiger partial charge in [-0.3, -0.25) is 4.90 Å². The number of rotatable bonds is 2. The Morgan fingerprint density at radius 2 is 1.83 bits per heavy atom. The summed E-state index contributed by atoms with van der Waals surface area (Å²) in [5.74, 6) is 4.40. The summed E-state index contributed by atoms with van der Waals surface area (Å²) in [5, 5.41) is 0. The van der Waals surface area contributed by atoms with Gasteiger partial charge in [0.15, 0.2) is 0 Å². The number of piperidine rings is 1. The van der Waals surface area contributed by atoms with Gasteiger partial charge in [-0.2, -0.15) is 0 Å². The first-order valence-electron chi connectivity index (χ1n) is 15.6. The van der Waals surface area contributed by atoms with Crippen LogP contribution in [0, 0.1) is 35.0 Å². The smallest absolute Gasteiger partial charge is 0.0765 e. The van der Waals surface area contributed by atoms with Gasteiger partial charge in [-0.15, -0.1) is 0 Å². The van der Waals surface area contributed by atoms with E-state index in [1.54, 1.807) is 5.57 Å². The molecule has 196 valence electrons. The molecule has 4 aliphatic carbocycles. The first-order chi connectivity index (χ1) is 17.5.